The largest absolute Gasteiger partial charge is 0.478 e. The van der Waals surface area contributed by atoms with Crippen molar-refractivity contribution >= 4 is 17.6 Å². The Kier molecular flexibility index (Phi) is 2.68. The lowest BCUT2D eigenvalue weighted by Crippen LogP contribution is -2.22. The highest BCUT2D eigenvalue weighted by molar-refractivity contribution is 6.35. The summed E-state index contributed by atoms with van der Waals surface area (Å²) < 4.78 is 1.96. The molecule has 0 aliphatic heterocycles. The second-order valence-electron chi connectivity index (χ2n) is 3.24. The smallest absolute Gasteiger partial charge is 0.368 e. The van der Waals surface area contributed by atoms with Gasteiger partial charge < -0.3 is 5.11 Å². The van der Waals surface area contributed by atoms with Gasteiger partial charge in [0.2, 0.25) is 0 Å². The molecule has 1 aromatic heterocycles. The molecule has 0 saturated carbocycles. The van der Waals surface area contributed by atoms with Crippen LogP contribution in [0.5, 0.6) is 0 Å². The van der Waals surface area contributed by atoms with Gasteiger partial charge >= 0.3 is 11.7 Å². The van der Waals surface area contributed by atoms with Gasteiger partial charge in [-0.25, -0.2) is 9.59 Å². The Balaban J connectivity index is 2.69. The minimum absolute atomic E-state index is 0.0531. The summed E-state index contributed by atoms with van der Waals surface area (Å²) >= 11 is 5.90. The van der Waals surface area contributed by atoms with Gasteiger partial charge in [-0.15, -0.1) is 0 Å². The van der Waals surface area contributed by atoms with Crippen LogP contribution < -0.4 is 5.69 Å². The van der Waals surface area contributed by atoms with Gasteiger partial charge in [0, 0.05) is 7.05 Å². The number of nitrogens with zero attached hydrogens (tertiary/aromatic N) is 4. The highest BCUT2D eigenvalue weighted by atomic mass is 35.5. The van der Waals surface area contributed by atoms with E-state index >= 15 is 0 Å². The number of hydrogen-bond donors (Lipinski definition) is 1. The van der Waals surface area contributed by atoms with Crippen LogP contribution in [0, 0.1) is 0 Å². The van der Waals surface area contributed by atoms with E-state index in [1.807, 2.05) is 0 Å². The Bertz CT molecular complexity index is 646. The van der Waals surface area contributed by atoms with E-state index in [0.29, 0.717) is 0 Å². The molecule has 0 amide bonds. The van der Waals surface area contributed by atoms with Crippen LogP contribution in [0.3, 0.4) is 0 Å². The molecule has 7 nitrogen and oxygen atoms in total. The third kappa shape index (κ3) is 1.80. The fraction of sp³-hybridized carbons (Fsp3) is 0.111. The number of tetrazole rings is 1. The third-order valence-electron chi connectivity index (χ3n) is 2.16. The Morgan fingerprint density at radius 3 is 2.65 bits per heavy atom. The Morgan fingerprint density at radius 1 is 1.41 bits per heavy atom. The molecule has 17 heavy (non-hydrogen) atoms. The molecule has 2 aromatic rings. The SMILES string of the molecule is Cn1nnn(-c2cccc(C(=O)O)c2Cl)c1=O. The second-order valence-corrected chi connectivity index (χ2v) is 3.62. The van der Waals surface area contributed by atoms with Crippen molar-refractivity contribution in [3.05, 3.63) is 39.3 Å². The summed E-state index contributed by atoms with van der Waals surface area (Å²) in [5, 5.41) is 16.0. The first-order chi connectivity index (χ1) is 8.02. The summed E-state index contributed by atoms with van der Waals surface area (Å²) in [6.07, 6.45) is 0. The van der Waals surface area contributed by atoms with Gasteiger partial charge in [-0.1, -0.05) is 17.7 Å². The van der Waals surface area contributed by atoms with Crippen LogP contribution in [-0.2, 0) is 7.05 Å². The lowest BCUT2D eigenvalue weighted by atomic mass is 10.2. The molecule has 0 aliphatic carbocycles. The molecule has 2 rings (SSSR count). The molecule has 0 radical (unpaired) electrons. The molecule has 1 heterocycles. The summed E-state index contributed by atoms with van der Waals surface area (Å²) in [7, 11) is 1.43. The number of halogens is 1. The van der Waals surface area contributed by atoms with Crippen molar-refractivity contribution in [3.8, 4) is 5.69 Å². The van der Waals surface area contributed by atoms with E-state index in [1.54, 1.807) is 0 Å². The normalized spacial score (nSPS) is 10.5. The van der Waals surface area contributed by atoms with E-state index in [2.05, 4.69) is 10.4 Å². The minimum Gasteiger partial charge on any atom is -0.478 e. The van der Waals surface area contributed by atoms with Crippen molar-refractivity contribution in [2.75, 3.05) is 0 Å². The van der Waals surface area contributed by atoms with E-state index < -0.39 is 11.7 Å². The number of benzene rings is 1. The van der Waals surface area contributed by atoms with Gasteiger partial charge in [-0.2, -0.15) is 9.36 Å². The van der Waals surface area contributed by atoms with E-state index in [1.165, 1.54) is 25.2 Å². The van der Waals surface area contributed by atoms with E-state index in [0.717, 1.165) is 9.36 Å². The maximum absolute atomic E-state index is 11.6. The molecule has 0 saturated heterocycles. The van der Waals surface area contributed by atoms with E-state index in [9.17, 15) is 9.59 Å². The van der Waals surface area contributed by atoms with E-state index in [4.69, 9.17) is 16.7 Å². The van der Waals surface area contributed by atoms with Crippen LogP contribution in [0.1, 0.15) is 10.4 Å². The molecule has 88 valence electrons. The topological polar surface area (TPSA) is 90.0 Å². The zero-order chi connectivity index (χ0) is 12.6. The van der Waals surface area contributed by atoms with Crippen LogP contribution in [0.4, 0.5) is 0 Å². The standard InChI is InChI=1S/C9H7ClN4O3/c1-13-9(17)14(12-11-13)6-4-2-3-5(7(6)10)8(15)16/h2-4H,1H3,(H,15,16). The minimum atomic E-state index is -1.17. The van der Waals surface area contributed by atoms with Gasteiger partial charge in [0.1, 0.15) is 0 Å². The van der Waals surface area contributed by atoms with Crippen molar-refractivity contribution in [2.24, 2.45) is 7.05 Å². The number of aromatic nitrogens is 4. The maximum Gasteiger partial charge on any atom is 0.368 e. The van der Waals surface area contributed by atoms with Crippen LogP contribution in [0.2, 0.25) is 5.02 Å². The number of carbonyl (C=O) groups is 1. The quantitative estimate of drug-likeness (QED) is 0.833. The summed E-state index contributed by atoms with van der Waals surface area (Å²) in [4.78, 5) is 22.5. The molecule has 0 fully saturated rings. The monoisotopic (exact) mass is 254 g/mol. The molecule has 0 aliphatic rings. The van der Waals surface area contributed by atoms with Crippen molar-refractivity contribution in [1.29, 1.82) is 0 Å². The molecule has 1 aromatic carbocycles. The average Bonchev–Trinajstić information content (AvgIpc) is 2.60. The summed E-state index contributed by atoms with van der Waals surface area (Å²) in [5.74, 6) is -1.17. The van der Waals surface area contributed by atoms with Crippen molar-refractivity contribution < 1.29 is 9.90 Å². The maximum atomic E-state index is 11.6. The van der Waals surface area contributed by atoms with Crippen molar-refractivity contribution in [2.45, 2.75) is 0 Å². The zero-order valence-electron chi connectivity index (χ0n) is 8.66. The lowest BCUT2D eigenvalue weighted by Gasteiger charge is -2.04. The summed E-state index contributed by atoms with van der Waals surface area (Å²) in [6.45, 7) is 0. The predicted octanol–water partition coefficient (Wildman–Crippen LogP) is 0.318. The average molecular weight is 255 g/mol. The van der Waals surface area contributed by atoms with Crippen LogP contribution in [0.15, 0.2) is 23.0 Å². The highest BCUT2D eigenvalue weighted by Gasteiger charge is 2.16. The Labute approximate surface area is 99.8 Å². The van der Waals surface area contributed by atoms with Crippen LogP contribution >= 0.6 is 11.6 Å². The second kappa shape index (κ2) is 4.02. The third-order valence-corrected chi connectivity index (χ3v) is 2.56. The molecule has 0 atom stereocenters. The molecular weight excluding hydrogens is 248 g/mol. The van der Waals surface area contributed by atoms with Crippen LogP contribution in [0.25, 0.3) is 5.69 Å². The predicted molar refractivity (Wildman–Crippen MR) is 58.6 cm³/mol. The number of carboxylic acids is 1. The van der Waals surface area contributed by atoms with Gasteiger partial charge in [0.05, 0.1) is 16.3 Å². The van der Waals surface area contributed by atoms with Gasteiger partial charge in [-0.3, -0.25) is 0 Å². The number of rotatable bonds is 2. The fourth-order valence-corrected chi connectivity index (χ4v) is 1.60. The zero-order valence-corrected chi connectivity index (χ0v) is 9.42. The molecule has 0 spiro atoms. The number of carboxylic acid groups (broad SMARTS) is 1. The Hall–Kier alpha value is -2.15. The van der Waals surface area contributed by atoms with Gasteiger partial charge in [0.25, 0.3) is 0 Å². The van der Waals surface area contributed by atoms with Crippen LogP contribution in [-0.4, -0.2) is 30.9 Å². The molecule has 8 heteroatoms. The van der Waals surface area contributed by atoms with Crippen molar-refractivity contribution in [3.63, 3.8) is 0 Å². The number of aromatic carboxylic acids is 1. The highest BCUT2D eigenvalue weighted by Crippen LogP contribution is 2.22. The molecule has 1 N–H and O–H groups in total. The first kappa shape index (κ1) is 11.3. The molecular formula is C9H7ClN4O3. The summed E-state index contributed by atoms with van der Waals surface area (Å²) in [5.41, 5.74) is -0.416. The number of hydrogen-bond acceptors (Lipinski definition) is 4. The van der Waals surface area contributed by atoms with E-state index in [-0.39, 0.29) is 16.3 Å². The fourth-order valence-electron chi connectivity index (χ4n) is 1.31. The first-order valence-electron chi connectivity index (χ1n) is 4.53. The number of aryl methyl sites for hydroxylation is 1. The summed E-state index contributed by atoms with van der Waals surface area (Å²) in [6, 6.07) is 4.31. The first-order valence-corrected chi connectivity index (χ1v) is 4.91. The lowest BCUT2D eigenvalue weighted by molar-refractivity contribution is 0.0697. The van der Waals surface area contributed by atoms with Gasteiger partial charge in [-0.05, 0) is 22.6 Å². The Morgan fingerprint density at radius 2 is 2.12 bits per heavy atom. The molecule has 0 bridgehead atoms. The van der Waals surface area contributed by atoms with Crippen molar-refractivity contribution in [1.82, 2.24) is 19.8 Å². The van der Waals surface area contributed by atoms with Gasteiger partial charge in [0.15, 0.2) is 0 Å². The molecule has 0 unspecified atom stereocenters.